The van der Waals surface area contributed by atoms with Gasteiger partial charge < -0.3 is 15.8 Å². The van der Waals surface area contributed by atoms with Gasteiger partial charge in [-0.2, -0.15) is 0 Å². The molecule has 0 saturated carbocycles. The van der Waals surface area contributed by atoms with E-state index in [0.29, 0.717) is 5.06 Å². The van der Waals surface area contributed by atoms with Gasteiger partial charge in [0, 0.05) is 45.6 Å². The molecular weight excluding hydrogens is 241 g/mol. The Hall–Kier alpha value is -0.326. The minimum atomic E-state index is -0.492. The van der Waals surface area contributed by atoms with Crippen LogP contribution in [0.15, 0.2) is 0 Å². The van der Waals surface area contributed by atoms with Gasteiger partial charge in [-0.05, 0) is 6.47 Å². The molecule has 1 fully saturated rings. The zero-order valence-corrected chi connectivity index (χ0v) is 8.99. The van der Waals surface area contributed by atoms with Crippen molar-refractivity contribution in [2.45, 2.75) is 12.8 Å². The zero-order chi connectivity index (χ0) is 7.56. The molecule has 0 bridgehead atoms. The normalized spacial score (nSPS) is 14.8. The molecule has 0 aliphatic carbocycles. The van der Waals surface area contributed by atoms with Crippen LogP contribution in [0.2, 0.25) is 0 Å². The molecule has 0 unspecified atom stereocenters. The molecule has 2 N–H and O–H groups in total. The van der Waals surface area contributed by atoms with Crippen LogP contribution >= 0.6 is 0 Å². The Labute approximate surface area is 94.0 Å². The van der Waals surface area contributed by atoms with E-state index in [1.54, 1.807) is 0 Å². The molecule has 65 valence electrons. The van der Waals surface area contributed by atoms with Gasteiger partial charge in [0.2, 0.25) is 0 Å². The summed E-state index contributed by atoms with van der Waals surface area (Å²) >= 11 is 0. The molecule has 0 aromatic carbocycles. The molecule has 1 aliphatic rings. The number of carbonyl (C=O) groups is 2. The standard InChI is InChI=1S/C5H4NO4.H2N.Y/c7-3-10-6-4(8)1-2-5(6)9;;/h1-2H2;1H2;/q2*-1;. The molecule has 0 aromatic heterocycles. The second-order valence-electron chi connectivity index (χ2n) is 1.76. The first-order valence-electron chi connectivity index (χ1n) is 2.65. The van der Waals surface area contributed by atoms with Crippen LogP contribution < -0.4 is 0 Å². The minimum Gasteiger partial charge on any atom is -0.693 e. The number of hydrogen-bond acceptors (Lipinski definition) is 4. The summed E-state index contributed by atoms with van der Waals surface area (Å²) in [5.41, 5.74) is 0. The summed E-state index contributed by atoms with van der Waals surface area (Å²) in [5, 5.41) is 0.424. The fraction of sp³-hybridized carbons (Fsp3) is 0.400. The van der Waals surface area contributed by atoms with Crippen molar-refractivity contribution in [1.29, 1.82) is 0 Å². The van der Waals surface area contributed by atoms with Gasteiger partial charge in [-0.15, -0.1) is 5.06 Å². The van der Waals surface area contributed by atoms with E-state index in [-0.39, 0.29) is 51.7 Å². The van der Waals surface area contributed by atoms with Crippen LogP contribution in [0.1, 0.15) is 12.8 Å². The van der Waals surface area contributed by atoms with Crippen molar-refractivity contribution in [2.24, 2.45) is 0 Å². The average molecular weight is 247 g/mol. The van der Waals surface area contributed by atoms with Gasteiger partial charge in [0.25, 0.3) is 11.8 Å². The van der Waals surface area contributed by atoms with Crippen molar-refractivity contribution >= 4 is 18.3 Å². The van der Waals surface area contributed by atoms with Crippen LogP contribution in [0.5, 0.6) is 0 Å². The second-order valence-corrected chi connectivity index (χ2v) is 1.76. The van der Waals surface area contributed by atoms with E-state index in [1.807, 2.05) is 0 Å². The van der Waals surface area contributed by atoms with E-state index in [0.717, 1.165) is 6.47 Å². The quantitative estimate of drug-likeness (QED) is 0.500. The number of nitrogens with two attached hydrogens (primary N) is 1. The third-order valence-corrected chi connectivity index (χ3v) is 1.13. The maximum absolute atomic E-state index is 10.6. The van der Waals surface area contributed by atoms with Crippen molar-refractivity contribution < 1.29 is 51.9 Å². The Bertz CT molecular complexity index is 180. The van der Waals surface area contributed by atoms with Crippen molar-refractivity contribution in [1.82, 2.24) is 5.06 Å². The van der Waals surface area contributed by atoms with Crippen molar-refractivity contribution in [3.63, 3.8) is 0 Å². The molecule has 1 saturated heterocycles. The first-order valence-corrected chi connectivity index (χ1v) is 2.65. The monoisotopic (exact) mass is 247 g/mol. The summed E-state index contributed by atoms with van der Waals surface area (Å²) in [4.78, 5) is 34.7. The first kappa shape index (κ1) is 14.2. The SMILES string of the molecule is O=[C-]ON1C(=O)CCC1=O.[NH2-].[Y]. The topological polar surface area (TPSA) is 97.2 Å². The summed E-state index contributed by atoms with van der Waals surface area (Å²) < 4.78 is 0. The molecule has 2 amide bonds. The molecular formula is C5H6N2O4Y-2. The van der Waals surface area contributed by atoms with E-state index in [1.165, 1.54) is 0 Å². The van der Waals surface area contributed by atoms with Crippen LogP contribution in [-0.2, 0) is 51.9 Å². The molecule has 0 spiro atoms. The Kier molecular flexibility index (Phi) is 7.37. The number of hydrogen-bond donors (Lipinski definition) is 0. The Balaban J connectivity index is 0. The number of amides is 2. The zero-order valence-electron chi connectivity index (χ0n) is 6.15. The smallest absolute Gasteiger partial charge is 0.260 e. The van der Waals surface area contributed by atoms with Gasteiger partial charge in [0.05, 0.1) is 0 Å². The predicted octanol–water partition coefficient (Wildman–Crippen LogP) is -0.151. The summed E-state index contributed by atoms with van der Waals surface area (Å²) in [6, 6.07) is 0. The molecule has 0 atom stereocenters. The number of carbonyl (C=O) groups excluding carboxylic acids is 3. The number of hydroxylamine groups is 2. The molecule has 1 heterocycles. The van der Waals surface area contributed by atoms with E-state index in [9.17, 15) is 14.4 Å². The third-order valence-electron chi connectivity index (χ3n) is 1.13. The summed E-state index contributed by atoms with van der Waals surface area (Å²) in [6.45, 7) is 1.00. The summed E-state index contributed by atoms with van der Waals surface area (Å²) in [6.07, 6.45) is 0.223. The summed E-state index contributed by atoms with van der Waals surface area (Å²) in [7, 11) is 0. The number of nitrogens with zero attached hydrogens (tertiary/aromatic N) is 1. The molecule has 7 heteroatoms. The van der Waals surface area contributed by atoms with Gasteiger partial charge in [-0.25, -0.2) is 0 Å². The van der Waals surface area contributed by atoms with Gasteiger partial charge in [-0.3, -0.25) is 9.59 Å². The van der Waals surface area contributed by atoms with Crippen molar-refractivity contribution in [3.05, 3.63) is 6.15 Å². The Morgan fingerprint density at radius 2 is 1.67 bits per heavy atom. The third kappa shape index (κ3) is 2.96. The van der Waals surface area contributed by atoms with Crippen LogP contribution in [0.4, 0.5) is 0 Å². The van der Waals surface area contributed by atoms with Crippen LogP contribution in [-0.4, -0.2) is 23.3 Å². The molecule has 1 aliphatic heterocycles. The van der Waals surface area contributed by atoms with E-state index in [4.69, 9.17) is 0 Å². The van der Waals surface area contributed by atoms with E-state index in [2.05, 4.69) is 4.84 Å². The Morgan fingerprint density at radius 3 is 2.00 bits per heavy atom. The second kappa shape index (κ2) is 6.22. The van der Waals surface area contributed by atoms with Crippen molar-refractivity contribution in [2.75, 3.05) is 0 Å². The maximum Gasteiger partial charge on any atom is 0.260 e. The number of rotatable bonds is 2. The number of imide groups is 1. The fourth-order valence-corrected chi connectivity index (χ4v) is 0.695. The molecule has 12 heavy (non-hydrogen) atoms. The molecule has 1 radical (unpaired) electrons. The largest absolute Gasteiger partial charge is 0.693 e. The molecule has 0 aromatic rings. The van der Waals surface area contributed by atoms with E-state index < -0.39 is 11.8 Å². The van der Waals surface area contributed by atoms with Crippen molar-refractivity contribution in [3.8, 4) is 0 Å². The Morgan fingerprint density at radius 1 is 1.25 bits per heavy atom. The van der Waals surface area contributed by atoms with Gasteiger partial charge in [0.15, 0.2) is 0 Å². The predicted molar refractivity (Wildman–Crippen MR) is 33.1 cm³/mol. The van der Waals surface area contributed by atoms with Crippen LogP contribution in [0.3, 0.4) is 0 Å². The molecule has 6 nitrogen and oxygen atoms in total. The van der Waals surface area contributed by atoms with Crippen LogP contribution in [0.25, 0.3) is 6.15 Å². The van der Waals surface area contributed by atoms with Gasteiger partial charge in [0.1, 0.15) is 0 Å². The average Bonchev–Trinajstić information content (AvgIpc) is 2.20. The summed E-state index contributed by atoms with van der Waals surface area (Å²) in [5.74, 6) is -0.985. The minimum absolute atomic E-state index is 0. The fourth-order valence-electron chi connectivity index (χ4n) is 0.695. The van der Waals surface area contributed by atoms with Crippen LogP contribution in [0, 0.1) is 0 Å². The maximum atomic E-state index is 10.6. The van der Waals surface area contributed by atoms with Gasteiger partial charge in [-0.1, -0.05) is 0 Å². The van der Waals surface area contributed by atoms with E-state index >= 15 is 0 Å². The first-order chi connectivity index (χ1) is 4.75. The molecule has 1 rings (SSSR count). The van der Waals surface area contributed by atoms with Gasteiger partial charge >= 0.3 is 0 Å².